The molecular formula is C16H15FO3. The first kappa shape index (κ1) is 14.2. The van der Waals surface area contributed by atoms with E-state index in [1.807, 2.05) is 0 Å². The van der Waals surface area contributed by atoms with E-state index in [0.29, 0.717) is 5.75 Å². The van der Waals surface area contributed by atoms with Crippen molar-refractivity contribution in [1.82, 2.24) is 0 Å². The molecule has 104 valence electrons. The minimum Gasteiger partial charge on any atom is -0.422 e. The van der Waals surface area contributed by atoms with E-state index >= 15 is 0 Å². The highest BCUT2D eigenvalue weighted by atomic mass is 19.1. The Bertz CT molecular complexity index is 610. The van der Waals surface area contributed by atoms with Crippen LogP contribution in [0.3, 0.4) is 0 Å². The number of benzene rings is 2. The maximum atomic E-state index is 12.8. The summed E-state index contributed by atoms with van der Waals surface area (Å²) in [5.41, 5.74) is 2.59. The predicted octanol–water partition coefficient (Wildman–Crippen LogP) is 3.15. The lowest BCUT2D eigenvalue weighted by Gasteiger charge is -2.12. The van der Waals surface area contributed by atoms with E-state index in [1.54, 1.807) is 26.0 Å². The quantitative estimate of drug-likeness (QED) is 0.691. The smallest absolute Gasteiger partial charge is 0.343 e. The molecule has 4 heteroatoms. The first-order valence-corrected chi connectivity index (χ1v) is 6.20. The fraction of sp³-hybridized carbons (Fsp3) is 0.188. The average molecular weight is 274 g/mol. The monoisotopic (exact) mass is 274 g/mol. The van der Waals surface area contributed by atoms with Crippen LogP contribution in [0.15, 0.2) is 36.4 Å². The predicted molar refractivity (Wildman–Crippen MR) is 73.2 cm³/mol. The number of hydrogen-bond acceptors (Lipinski definition) is 3. The van der Waals surface area contributed by atoms with Crippen molar-refractivity contribution in [1.29, 1.82) is 0 Å². The fourth-order valence-corrected chi connectivity index (χ4v) is 2.03. The summed E-state index contributed by atoms with van der Waals surface area (Å²) in [4.78, 5) is 12.0. The molecule has 0 atom stereocenters. The second-order valence-corrected chi connectivity index (χ2v) is 4.61. The number of halogens is 1. The van der Waals surface area contributed by atoms with E-state index in [9.17, 15) is 9.18 Å². The molecule has 0 amide bonds. The van der Waals surface area contributed by atoms with Crippen LogP contribution in [0.2, 0.25) is 0 Å². The Hall–Kier alpha value is -2.20. The van der Waals surface area contributed by atoms with Crippen molar-refractivity contribution in [2.75, 3.05) is 0 Å². The van der Waals surface area contributed by atoms with Gasteiger partial charge in [-0.2, -0.15) is 0 Å². The van der Waals surface area contributed by atoms with Crippen molar-refractivity contribution >= 4 is 5.97 Å². The van der Waals surface area contributed by atoms with Crippen molar-refractivity contribution in [3.05, 3.63) is 64.5 Å². The van der Waals surface area contributed by atoms with Gasteiger partial charge < -0.3 is 9.84 Å². The first-order chi connectivity index (χ1) is 9.51. The standard InChI is InChI=1S/C16H15FO3/c1-10-7-12(9-18)8-11(2)15(10)20-16(19)13-3-5-14(17)6-4-13/h3-8,18H,9H2,1-2H3. The Morgan fingerprint density at radius 1 is 1.15 bits per heavy atom. The molecule has 2 aromatic rings. The Kier molecular flexibility index (Phi) is 4.15. The number of aryl methyl sites for hydroxylation is 2. The molecule has 0 fully saturated rings. The summed E-state index contributed by atoms with van der Waals surface area (Å²) in [6, 6.07) is 8.71. The molecule has 0 bridgehead atoms. The maximum absolute atomic E-state index is 12.8. The van der Waals surface area contributed by atoms with Crippen molar-refractivity contribution in [3.63, 3.8) is 0 Å². The zero-order chi connectivity index (χ0) is 14.7. The van der Waals surface area contributed by atoms with E-state index in [-0.39, 0.29) is 12.2 Å². The van der Waals surface area contributed by atoms with Gasteiger partial charge in [0.05, 0.1) is 12.2 Å². The third kappa shape index (κ3) is 3.03. The van der Waals surface area contributed by atoms with Crippen molar-refractivity contribution in [2.24, 2.45) is 0 Å². The molecule has 2 rings (SSSR count). The molecule has 20 heavy (non-hydrogen) atoms. The van der Waals surface area contributed by atoms with Crippen LogP contribution in [-0.4, -0.2) is 11.1 Å². The van der Waals surface area contributed by atoms with Gasteiger partial charge in [-0.3, -0.25) is 0 Å². The number of hydrogen-bond donors (Lipinski definition) is 1. The molecule has 0 aromatic heterocycles. The molecule has 0 aliphatic heterocycles. The molecule has 0 spiro atoms. The Balaban J connectivity index is 2.26. The maximum Gasteiger partial charge on any atom is 0.343 e. The van der Waals surface area contributed by atoms with Gasteiger partial charge in [-0.25, -0.2) is 9.18 Å². The summed E-state index contributed by atoms with van der Waals surface area (Å²) in [5.74, 6) is -0.467. The molecule has 0 heterocycles. The number of rotatable bonds is 3. The zero-order valence-corrected chi connectivity index (χ0v) is 11.3. The van der Waals surface area contributed by atoms with Gasteiger partial charge in [0.1, 0.15) is 11.6 Å². The molecule has 1 N–H and O–H groups in total. The van der Waals surface area contributed by atoms with Gasteiger partial charge in [-0.15, -0.1) is 0 Å². The van der Waals surface area contributed by atoms with Crippen molar-refractivity contribution in [3.8, 4) is 5.75 Å². The molecule has 0 unspecified atom stereocenters. The van der Waals surface area contributed by atoms with Crippen LogP contribution >= 0.6 is 0 Å². The van der Waals surface area contributed by atoms with Gasteiger partial charge in [0, 0.05) is 0 Å². The second kappa shape index (κ2) is 5.84. The fourth-order valence-electron chi connectivity index (χ4n) is 2.03. The van der Waals surface area contributed by atoms with E-state index in [4.69, 9.17) is 9.84 Å². The number of ether oxygens (including phenoxy) is 1. The van der Waals surface area contributed by atoms with Crippen LogP contribution in [0, 0.1) is 19.7 Å². The highest BCUT2D eigenvalue weighted by Gasteiger charge is 2.13. The summed E-state index contributed by atoms with van der Waals surface area (Å²) >= 11 is 0. The van der Waals surface area contributed by atoms with Crippen LogP contribution in [0.1, 0.15) is 27.0 Å². The zero-order valence-electron chi connectivity index (χ0n) is 11.3. The summed E-state index contributed by atoms with van der Waals surface area (Å²) < 4.78 is 18.2. The Labute approximate surface area is 116 Å². The van der Waals surface area contributed by atoms with Gasteiger partial charge in [0.15, 0.2) is 0 Å². The number of carbonyl (C=O) groups excluding carboxylic acids is 1. The van der Waals surface area contributed by atoms with Crippen LogP contribution in [0.4, 0.5) is 4.39 Å². The van der Waals surface area contributed by atoms with Gasteiger partial charge in [-0.1, -0.05) is 12.1 Å². The largest absolute Gasteiger partial charge is 0.422 e. The third-order valence-electron chi connectivity index (χ3n) is 2.98. The topological polar surface area (TPSA) is 46.5 Å². The second-order valence-electron chi connectivity index (χ2n) is 4.61. The van der Waals surface area contributed by atoms with Crippen molar-refractivity contribution in [2.45, 2.75) is 20.5 Å². The summed E-state index contributed by atoms with van der Waals surface area (Å²) in [5, 5.41) is 9.12. The number of aliphatic hydroxyl groups is 1. The van der Waals surface area contributed by atoms with E-state index in [2.05, 4.69) is 0 Å². The Morgan fingerprint density at radius 2 is 1.70 bits per heavy atom. The van der Waals surface area contributed by atoms with Crippen LogP contribution < -0.4 is 4.74 Å². The van der Waals surface area contributed by atoms with E-state index < -0.39 is 11.8 Å². The molecule has 2 aromatic carbocycles. The minimum absolute atomic E-state index is 0.0616. The van der Waals surface area contributed by atoms with E-state index in [0.717, 1.165) is 16.7 Å². The molecule has 0 aliphatic rings. The van der Waals surface area contributed by atoms with Crippen molar-refractivity contribution < 1.29 is 19.0 Å². The summed E-state index contributed by atoms with van der Waals surface area (Å²) in [6.07, 6.45) is 0. The first-order valence-electron chi connectivity index (χ1n) is 6.20. The Morgan fingerprint density at radius 3 is 2.20 bits per heavy atom. The SMILES string of the molecule is Cc1cc(CO)cc(C)c1OC(=O)c1ccc(F)cc1. The van der Waals surface area contributed by atoms with Gasteiger partial charge in [-0.05, 0) is 54.8 Å². The molecular weight excluding hydrogens is 259 g/mol. The number of carbonyl (C=O) groups is 1. The van der Waals surface area contributed by atoms with Crippen LogP contribution in [0.25, 0.3) is 0 Å². The van der Waals surface area contributed by atoms with Crippen LogP contribution in [0.5, 0.6) is 5.75 Å². The summed E-state index contributed by atoms with van der Waals surface area (Å²) in [6.45, 7) is 3.55. The lowest BCUT2D eigenvalue weighted by atomic mass is 10.1. The highest BCUT2D eigenvalue weighted by molar-refractivity contribution is 5.91. The molecule has 0 saturated carbocycles. The number of esters is 1. The lowest BCUT2D eigenvalue weighted by Crippen LogP contribution is -2.10. The average Bonchev–Trinajstić information content (AvgIpc) is 2.43. The lowest BCUT2D eigenvalue weighted by molar-refractivity contribution is 0.0732. The molecule has 0 saturated heterocycles. The summed E-state index contributed by atoms with van der Waals surface area (Å²) in [7, 11) is 0. The normalized spacial score (nSPS) is 10.4. The highest BCUT2D eigenvalue weighted by Crippen LogP contribution is 2.25. The molecule has 3 nitrogen and oxygen atoms in total. The van der Waals surface area contributed by atoms with Gasteiger partial charge >= 0.3 is 5.97 Å². The minimum atomic E-state index is -0.534. The number of aliphatic hydroxyl groups excluding tert-OH is 1. The van der Waals surface area contributed by atoms with Crippen LogP contribution in [-0.2, 0) is 6.61 Å². The molecule has 0 radical (unpaired) electrons. The van der Waals surface area contributed by atoms with E-state index in [1.165, 1.54) is 24.3 Å². The van der Waals surface area contributed by atoms with Gasteiger partial charge in [0.25, 0.3) is 0 Å². The third-order valence-corrected chi connectivity index (χ3v) is 2.98. The van der Waals surface area contributed by atoms with Gasteiger partial charge in [0.2, 0.25) is 0 Å². The molecule has 0 aliphatic carbocycles.